The van der Waals surface area contributed by atoms with E-state index in [0.29, 0.717) is 12.5 Å². The lowest BCUT2D eigenvalue weighted by Gasteiger charge is -2.13. The van der Waals surface area contributed by atoms with Crippen molar-refractivity contribution < 1.29 is 4.79 Å². The normalized spacial score (nSPS) is 17.7. The van der Waals surface area contributed by atoms with Gasteiger partial charge in [-0.1, -0.05) is 0 Å². The van der Waals surface area contributed by atoms with Gasteiger partial charge in [0.15, 0.2) is 5.78 Å². The Morgan fingerprint density at radius 2 is 2.20 bits per heavy atom. The number of rotatable bonds is 3. The molecule has 1 unspecified atom stereocenters. The minimum atomic E-state index is 0.243. The first-order chi connectivity index (χ1) is 7.15. The van der Waals surface area contributed by atoms with Gasteiger partial charge in [0.1, 0.15) is 0 Å². The molecule has 1 aromatic heterocycles. The van der Waals surface area contributed by atoms with E-state index in [4.69, 9.17) is 0 Å². The van der Waals surface area contributed by atoms with Crippen LogP contribution in [-0.2, 0) is 4.79 Å². The van der Waals surface area contributed by atoms with Crippen molar-refractivity contribution in [1.82, 2.24) is 5.32 Å². The molecule has 0 fully saturated rings. The van der Waals surface area contributed by atoms with Crippen LogP contribution in [0, 0.1) is 6.92 Å². The van der Waals surface area contributed by atoms with Gasteiger partial charge < -0.3 is 5.32 Å². The quantitative estimate of drug-likeness (QED) is 0.850. The van der Waals surface area contributed by atoms with Crippen LogP contribution in [0.1, 0.15) is 35.6 Å². The van der Waals surface area contributed by atoms with Gasteiger partial charge in [0.05, 0.1) is 6.04 Å². The molecule has 2 rings (SSSR count). The van der Waals surface area contributed by atoms with Gasteiger partial charge in [0.2, 0.25) is 0 Å². The van der Waals surface area contributed by atoms with Gasteiger partial charge in [-0.15, -0.1) is 11.3 Å². The van der Waals surface area contributed by atoms with Crippen molar-refractivity contribution in [3.8, 4) is 0 Å². The second-order valence-corrected chi connectivity index (χ2v) is 5.27. The summed E-state index contributed by atoms with van der Waals surface area (Å²) in [6, 6.07) is 4.59. The molecular weight excluding hydrogens is 206 g/mol. The van der Waals surface area contributed by atoms with Gasteiger partial charge in [-0.3, -0.25) is 4.79 Å². The number of nitrogens with one attached hydrogen (secondary N) is 1. The maximum atomic E-state index is 11.1. The van der Waals surface area contributed by atoms with Gasteiger partial charge in [-0.2, -0.15) is 0 Å². The van der Waals surface area contributed by atoms with Crippen molar-refractivity contribution in [3.05, 3.63) is 33.7 Å². The Morgan fingerprint density at radius 3 is 2.73 bits per heavy atom. The van der Waals surface area contributed by atoms with E-state index in [2.05, 4.69) is 31.3 Å². The lowest BCUT2D eigenvalue weighted by molar-refractivity contribution is -0.114. The van der Waals surface area contributed by atoms with Gasteiger partial charge in [-0.25, -0.2) is 0 Å². The molecule has 1 aliphatic rings. The predicted molar refractivity (Wildman–Crippen MR) is 62.9 cm³/mol. The van der Waals surface area contributed by atoms with E-state index in [-0.39, 0.29) is 5.78 Å². The number of aryl methyl sites for hydroxylation is 1. The molecule has 0 aliphatic heterocycles. The number of carbonyl (C=O) groups is 1. The first-order valence-corrected chi connectivity index (χ1v) is 6.03. The minimum Gasteiger partial charge on any atom is -0.381 e. The van der Waals surface area contributed by atoms with Crippen LogP contribution in [0.4, 0.5) is 0 Å². The lowest BCUT2D eigenvalue weighted by atomic mass is 10.2. The third-order valence-corrected chi connectivity index (χ3v) is 3.75. The molecule has 1 heterocycles. The molecule has 1 atom stereocenters. The molecule has 15 heavy (non-hydrogen) atoms. The Morgan fingerprint density at radius 1 is 1.40 bits per heavy atom. The predicted octanol–water partition coefficient (Wildman–Crippen LogP) is 2.95. The maximum absolute atomic E-state index is 11.1. The van der Waals surface area contributed by atoms with Crippen molar-refractivity contribution in [2.45, 2.75) is 32.7 Å². The molecule has 0 aromatic carbocycles. The van der Waals surface area contributed by atoms with Crippen LogP contribution < -0.4 is 5.32 Å². The number of hydrogen-bond acceptors (Lipinski definition) is 3. The van der Waals surface area contributed by atoms with Crippen molar-refractivity contribution in [2.24, 2.45) is 0 Å². The number of carbonyl (C=O) groups excluding carboxylic acids is 1. The highest BCUT2D eigenvalue weighted by atomic mass is 32.1. The third kappa shape index (κ3) is 2.48. The lowest BCUT2D eigenvalue weighted by Crippen LogP contribution is -2.15. The summed E-state index contributed by atoms with van der Waals surface area (Å²) in [6.07, 6.45) is 3.27. The van der Waals surface area contributed by atoms with Gasteiger partial charge in [-0.05, 0) is 32.4 Å². The number of allylic oxidation sites excluding steroid dienone is 2. The highest BCUT2D eigenvalue weighted by Crippen LogP contribution is 2.24. The van der Waals surface area contributed by atoms with E-state index in [1.165, 1.54) is 9.75 Å². The largest absolute Gasteiger partial charge is 0.381 e. The van der Waals surface area contributed by atoms with E-state index in [1.54, 1.807) is 17.4 Å². The van der Waals surface area contributed by atoms with E-state index < -0.39 is 0 Å². The fourth-order valence-corrected chi connectivity index (χ4v) is 2.63. The Balaban J connectivity index is 2.01. The number of hydrogen-bond donors (Lipinski definition) is 1. The second-order valence-electron chi connectivity index (χ2n) is 3.95. The fraction of sp³-hybridized carbons (Fsp3) is 0.417. The molecule has 1 N–H and O–H groups in total. The molecule has 3 heteroatoms. The molecule has 1 aliphatic carbocycles. The Bertz CT molecular complexity index is 406. The topological polar surface area (TPSA) is 29.1 Å². The zero-order valence-corrected chi connectivity index (χ0v) is 9.86. The van der Waals surface area contributed by atoms with Gasteiger partial charge in [0, 0.05) is 27.9 Å². The molecule has 0 saturated carbocycles. The SMILES string of the molecule is Cc1ccc(C(C)NC2=CC(=O)CC2)s1. The van der Waals surface area contributed by atoms with Crippen molar-refractivity contribution in [1.29, 1.82) is 0 Å². The summed E-state index contributed by atoms with van der Waals surface area (Å²) < 4.78 is 0. The van der Waals surface area contributed by atoms with Crippen LogP contribution >= 0.6 is 11.3 Å². The monoisotopic (exact) mass is 221 g/mol. The number of ketones is 1. The van der Waals surface area contributed by atoms with Crippen LogP contribution in [-0.4, -0.2) is 5.78 Å². The van der Waals surface area contributed by atoms with Crippen LogP contribution in [0.5, 0.6) is 0 Å². The minimum absolute atomic E-state index is 0.243. The molecule has 0 spiro atoms. The summed E-state index contributed by atoms with van der Waals surface area (Å²) in [5, 5.41) is 3.39. The van der Waals surface area contributed by atoms with Crippen LogP contribution in [0.2, 0.25) is 0 Å². The number of thiophene rings is 1. The van der Waals surface area contributed by atoms with E-state index in [1.807, 2.05) is 0 Å². The van der Waals surface area contributed by atoms with Gasteiger partial charge >= 0.3 is 0 Å². The summed E-state index contributed by atoms with van der Waals surface area (Å²) >= 11 is 1.81. The molecule has 0 bridgehead atoms. The highest BCUT2D eigenvalue weighted by Gasteiger charge is 2.15. The zero-order chi connectivity index (χ0) is 10.8. The fourth-order valence-electron chi connectivity index (χ4n) is 1.75. The summed E-state index contributed by atoms with van der Waals surface area (Å²) in [4.78, 5) is 13.7. The van der Waals surface area contributed by atoms with Crippen molar-refractivity contribution >= 4 is 17.1 Å². The van der Waals surface area contributed by atoms with E-state index >= 15 is 0 Å². The molecule has 0 radical (unpaired) electrons. The first kappa shape index (κ1) is 10.4. The van der Waals surface area contributed by atoms with Crippen LogP contribution in [0.25, 0.3) is 0 Å². The van der Waals surface area contributed by atoms with Gasteiger partial charge in [0.25, 0.3) is 0 Å². The summed E-state index contributed by atoms with van der Waals surface area (Å²) in [7, 11) is 0. The molecule has 0 saturated heterocycles. The average molecular weight is 221 g/mol. The molecule has 1 aromatic rings. The first-order valence-electron chi connectivity index (χ1n) is 5.21. The van der Waals surface area contributed by atoms with E-state index in [0.717, 1.165) is 12.1 Å². The Labute approximate surface area is 94.0 Å². The Hall–Kier alpha value is -1.09. The third-order valence-electron chi connectivity index (χ3n) is 2.57. The molecule has 2 nitrogen and oxygen atoms in total. The summed E-state index contributed by atoms with van der Waals surface area (Å²) in [5.74, 6) is 0.243. The standard InChI is InChI=1S/C12H15NOS/c1-8-3-6-12(15-8)9(2)13-10-4-5-11(14)7-10/h3,6-7,9,13H,4-5H2,1-2H3. The second kappa shape index (κ2) is 4.19. The van der Waals surface area contributed by atoms with Crippen molar-refractivity contribution in [2.75, 3.05) is 0 Å². The van der Waals surface area contributed by atoms with Crippen molar-refractivity contribution in [3.63, 3.8) is 0 Å². The molecule has 80 valence electrons. The Kier molecular flexibility index (Phi) is 2.91. The summed E-state index contributed by atoms with van der Waals surface area (Å²) in [5.41, 5.74) is 1.08. The molecular formula is C12H15NOS. The highest BCUT2D eigenvalue weighted by molar-refractivity contribution is 7.12. The van der Waals surface area contributed by atoms with Crippen LogP contribution in [0.3, 0.4) is 0 Å². The average Bonchev–Trinajstić information content (AvgIpc) is 2.75. The van der Waals surface area contributed by atoms with Crippen LogP contribution in [0.15, 0.2) is 23.9 Å². The maximum Gasteiger partial charge on any atom is 0.157 e. The zero-order valence-electron chi connectivity index (χ0n) is 9.04. The smallest absolute Gasteiger partial charge is 0.157 e. The molecule has 0 amide bonds. The van der Waals surface area contributed by atoms with E-state index in [9.17, 15) is 4.79 Å². The summed E-state index contributed by atoms with van der Waals surface area (Å²) in [6.45, 7) is 4.24.